The average Bonchev–Trinajstić information content (AvgIpc) is 2.84. The quantitative estimate of drug-likeness (QED) is 0.917. The molecule has 0 aliphatic carbocycles. The van der Waals surface area contributed by atoms with Crippen LogP contribution in [0.25, 0.3) is 0 Å². The van der Waals surface area contributed by atoms with E-state index in [-0.39, 0.29) is 6.10 Å². The first kappa shape index (κ1) is 13.9. The lowest BCUT2D eigenvalue weighted by Gasteiger charge is -2.37. The standard InChI is InChI=1S/C17H25NO2/c1-13(19)10-15-6-4-5-9-18(15)11-14-12-20-17-8-3-2-7-16(14)17/h2-3,7-8,13-15,19H,4-6,9-12H2,1H3. The Balaban J connectivity index is 1.67. The minimum atomic E-state index is -0.201. The molecule has 1 aromatic carbocycles. The topological polar surface area (TPSA) is 32.7 Å². The van der Waals surface area contributed by atoms with Gasteiger partial charge in [-0.3, -0.25) is 4.90 Å². The Morgan fingerprint density at radius 3 is 3.05 bits per heavy atom. The van der Waals surface area contributed by atoms with Crippen LogP contribution in [0.5, 0.6) is 5.75 Å². The highest BCUT2D eigenvalue weighted by atomic mass is 16.5. The van der Waals surface area contributed by atoms with E-state index in [0.717, 1.165) is 31.9 Å². The molecule has 0 saturated carbocycles. The Bertz CT molecular complexity index is 446. The smallest absolute Gasteiger partial charge is 0.122 e. The number of rotatable bonds is 4. The van der Waals surface area contributed by atoms with E-state index in [1.807, 2.05) is 13.0 Å². The Labute approximate surface area is 121 Å². The monoisotopic (exact) mass is 275 g/mol. The molecule has 0 aromatic heterocycles. The van der Waals surface area contributed by atoms with Crippen molar-refractivity contribution >= 4 is 0 Å². The summed E-state index contributed by atoms with van der Waals surface area (Å²) in [7, 11) is 0. The van der Waals surface area contributed by atoms with Gasteiger partial charge in [0.05, 0.1) is 12.7 Å². The van der Waals surface area contributed by atoms with Gasteiger partial charge in [0.25, 0.3) is 0 Å². The van der Waals surface area contributed by atoms with Gasteiger partial charge in [0.15, 0.2) is 0 Å². The Morgan fingerprint density at radius 2 is 2.20 bits per heavy atom. The molecule has 0 spiro atoms. The van der Waals surface area contributed by atoms with Gasteiger partial charge >= 0.3 is 0 Å². The van der Waals surface area contributed by atoms with Gasteiger partial charge in [0.2, 0.25) is 0 Å². The third kappa shape index (κ3) is 2.99. The van der Waals surface area contributed by atoms with Crippen molar-refractivity contribution in [1.82, 2.24) is 4.90 Å². The number of aliphatic hydroxyl groups is 1. The second-order valence-electron chi connectivity index (χ2n) is 6.28. The lowest BCUT2D eigenvalue weighted by molar-refractivity contribution is 0.0802. The molecule has 110 valence electrons. The Kier molecular flexibility index (Phi) is 4.27. The molecule has 3 rings (SSSR count). The number of hydrogen-bond acceptors (Lipinski definition) is 3. The summed E-state index contributed by atoms with van der Waals surface area (Å²) in [6.07, 6.45) is 4.50. The number of benzene rings is 1. The predicted octanol–water partition coefficient (Wildman–Crippen LogP) is 2.79. The number of piperidine rings is 1. The van der Waals surface area contributed by atoms with Crippen LogP contribution in [0.2, 0.25) is 0 Å². The van der Waals surface area contributed by atoms with Crippen molar-refractivity contribution in [3.63, 3.8) is 0 Å². The minimum absolute atomic E-state index is 0.201. The number of fused-ring (bicyclic) bond motifs is 1. The summed E-state index contributed by atoms with van der Waals surface area (Å²) < 4.78 is 5.79. The predicted molar refractivity (Wildman–Crippen MR) is 80.2 cm³/mol. The summed E-state index contributed by atoms with van der Waals surface area (Å²) in [5.41, 5.74) is 1.36. The van der Waals surface area contributed by atoms with E-state index in [9.17, 15) is 5.11 Å². The number of hydrogen-bond donors (Lipinski definition) is 1. The molecule has 2 heterocycles. The average molecular weight is 275 g/mol. The highest BCUT2D eigenvalue weighted by Gasteiger charge is 2.30. The van der Waals surface area contributed by atoms with E-state index in [0.29, 0.717) is 12.0 Å². The zero-order valence-electron chi connectivity index (χ0n) is 12.3. The van der Waals surface area contributed by atoms with Gasteiger partial charge in [-0.1, -0.05) is 24.6 Å². The molecule has 1 fully saturated rings. The van der Waals surface area contributed by atoms with Crippen molar-refractivity contribution in [2.24, 2.45) is 0 Å². The van der Waals surface area contributed by atoms with Gasteiger partial charge in [-0.15, -0.1) is 0 Å². The van der Waals surface area contributed by atoms with Gasteiger partial charge in [0, 0.05) is 24.1 Å². The van der Waals surface area contributed by atoms with E-state index in [1.165, 1.54) is 24.8 Å². The third-order valence-electron chi connectivity index (χ3n) is 4.62. The van der Waals surface area contributed by atoms with Gasteiger partial charge in [-0.25, -0.2) is 0 Å². The van der Waals surface area contributed by atoms with Crippen LogP contribution < -0.4 is 4.74 Å². The first-order valence-electron chi connectivity index (χ1n) is 7.88. The molecular formula is C17H25NO2. The maximum absolute atomic E-state index is 9.69. The molecule has 3 nitrogen and oxygen atoms in total. The number of para-hydroxylation sites is 1. The van der Waals surface area contributed by atoms with Gasteiger partial charge < -0.3 is 9.84 Å². The molecule has 20 heavy (non-hydrogen) atoms. The number of nitrogens with zero attached hydrogens (tertiary/aromatic N) is 1. The van der Waals surface area contributed by atoms with Crippen molar-refractivity contribution < 1.29 is 9.84 Å². The van der Waals surface area contributed by atoms with Gasteiger partial charge in [-0.05, 0) is 38.8 Å². The summed E-state index contributed by atoms with van der Waals surface area (Å²) in [4.78, 5) is 2.58. The van der Waals surface area contributed by atoms with E-state index < -0.39 is 0 Å². The first-order chi connectivity index (χ1) is 9.74. The Morgan fingerprint density at radius 1 is 1.35 bits per heavy atom. The molecule has 1 saturated heterocycles. The van der Waals surface area contributed by atoms with Crippen LogP contribution >= 0.6 is 0 Å². The SMILES string of the molecule is CC(O)CC1CCCCN1CC1COc2ccccc21. The van der Waals surface area contributed by atoms with Crippen molar-refractivity contribution in [2.75, 3.05) is 19.7 Å². The maximum Gasteiger partial charge on any atom is 0.122 e. The summed E-state index contributed by atoms with van der Waals surface area (Å²) in [6.45, 7) is 4.93. The fourth-order valence-corrected chi connectivity index (χ4v) is 3.62. The summed E-state index contributed by atoms with van der Waals surface area (Å²) in [5, 5.41) is 9.69. The van der Waals surface area contributed by atoms with E-state index in [1.54, 1.807) is 0 Å². The molecule has 2 aliphatic heterocycles. The van der Waals surface area contributed by atoms with Crippen LogP contribution in [-0.2, 0) is 0 Å². The Hall–Kier alpha value is -1.06. The molecule has 1 aromatic rings. The van der Waals surface area contributed by atoms with Crippen molar-refractivity contribution in [3.05, 3.63) is 29.8 Å². The van der Waals surface area contributed by atoms with Crippen molar-refractivity contribution in [2.45, 2.75) is 50.7 Å². The summed E-state index contributed by atoms with van der Waals surface area (Å²) in [5.74, 6) is 1.54. The number of ether oxygens (including phenoxy) is 1. The second-order valence-corrected chi connectivity index (χ2v) is 6.28. The lowest BCUT2D eigenvalue weighted by atomic mass is 9.94. The first-order valence-corrected chi connectivity index (χ1v) is 7.88. The molecule has 0 bridgehead atoms. The van der Waals surface area contributed by atoms with Crippen LogP contribution in [0.3, 0.4) is 0 Å². The van der Waals surface area contributed by atoms with E-state index in [4.69, 9.17) is 4.74 Å². The third-order valence-corrected chi connectivity index (χ3v) is 4.62. The molecule has 3 heteroatoms. The molecule has 1 N–H and O–H groups in total. The van der Waals surface area contributed by atoms with E-state index >= 15 is 0 Å². The molecular weight excluding hydrogens is 250 g/mol. The highest BCUT2D eigenvalue weighted by Crippen LogP contribution is 2.35. The van der Waals surface area contributed by atoms with Crippen LogP contribution in [0.1, 0.15) is 44.1 Å². The van der Waals surface area contributed by atoms with Crippen LogP contribution in [0.15, 0.2) is 24.3 Å². The lowest BCUT2D eigenvalue weighted by Crippen LogP contribution is -2.43. The van der Waals surface area contributed by atoms with Crippen molar-refractivity contribution in [3.8, 4) is 5.75 Å². The molecule has 3 atom stereocenters. The van der Waals surface area contributed by atoms with Crippen molar-refractivity contribution in [1.29, 1.82) is 0 Å². The fraction of sp³-hybridized carbons (Fsp3) is 0.647. The number of likely N-dealkylation sites (tertiary alicyclic amines) is 1. The van der Waals surface area contributed by atoms with Gasteiger partial charge in [0.1, 0.15) is 5.75 Å². The van der Waals surface area contributed by atoms with E-state index in [2.05, 4.69) is 23.1 Å². The summed E-state index contributed by atoms with van der Waals surface area (Å²) >= 11 is 0. The molecule has 2 aliphatic rings. The largest absolute Gasteiger partial charge is 0.493 e. The molecule has 0 radical (unpaired) electrons. The van der Waals surface area contributed by atoms with Crippen LogP contribution in [-0.4, -0.2) is 41.8 Å². The van der Waals surface area contributed by atoms with Crippen LogP contribution in [0, 0.1) is 0 Å². The second kappa shape index (κ2) is 6.15. The van der Waals surface area contributed by atoms with Gasteiger partial charge in [-0.2, -0.15) is 0 Å². The normalized spacial score (nSPS) is 27.9. The minimum Gasteiger partial charge on any atom is -0.493 e. The summed E-state index contributed by atoms with van der Waals surface area (Å²) in [6, 6.07) is 8.94. The molecule has 0 amide bonds. The zero-order chi connectivity index (χ0) is 13.9. The highest BCUT2D eigenvalue weighted by molar-refractivity contribution is 5.39. The zero-order valence-corrected chi connectivity index (χ0v) is 12.3. The maximum atomic E-state index is 9.69. The van der Waals surface area contributed by atoms with Crippen LogP contribution in [0.4, 0.5) is 0 Å². The fourth-order valence-electron chi connectivity index (χ4n) is 3.62. The molecule has 3 unspecified atom stereocenters. The number of aliphatic hydroxyl groups excluding tert-OH is 1.